The molecule has 2 N–H and O–H groups in total. The largest absolute Gasteiger partial charge is 0.417 e. The van der Waals surface area contributed by atoms with E-state index in [2.05, 4.69) is 22.2 Å². The molecule has 0 unspecified atom stereocenters. The van der Waals surface area contributed by atoms with E-state index in [0.717, 1.165) is 30.7 Å². The Bertz CT molecular complexity index is 573. The number of oxazole rings is 1. The molecule has 1 aromatic heterocycles. The van der Waals surface area contributed by atoms with Crippen LogP contribution >= 0.6 is 0 Å². The van der Waals surface area contributed by atoms with Crippen molar-refractivity contribution in [3.8, 4) is 0 Å². The lowest BCUT2D eigenvalue weighted by molar-refractivity contribution is 0.318. The number of benzene rings is 1. The quantitative estimate of drug-likeness (QED) is 0.744. The maximum Gasteiger partial charge on any atom is 0.417 e. The monoisotopic (exact) mass is 263 g/mol. The van der Waals surface area contributed by atoms with E-state index in [0.29, 0.717) is 5.58 Å². The summed E-state index contributed by atoms with van der Waals surface area (Å²) in [6.45, 7) is 3.00. The van der Waals surface area contributed by atoms with Gasteiger partial charge in [0, 0.05) is 6.54 Å². The Morgan fingerprint density at radius 2 is 2.21 bits per heavy atom. The summed E-state index contributed by atoms with van der Waals surface area (Å²) in [5.41, 5.74) is 2.54. The van der Waals surface area contributed by atoms with Gasteiger partial charge in [-0.3, -0.25) is 4.98 Å². The molecule has 0 saturated heterocycles. The molecule has 2 rings (SSSR count). The van der Waals surface area contributed by atoms with Gasteiger partial charge in [0.15, 0.2) is 5.58 Å². The summed E-state index contributed by atoms with van der Waals surface area (Å²) in [6, 6.07) is 5.85. The van der Waals surface area contributed by atoms with Crippen molar-refractivity contribution >= 4 is 11.1 Å². The third kappa shape index (κ3) is 3.94. The lowest BCUT2D eigenvalue weighted by Gasteiger charge is -2.16. The van der Waals surface area contributed by atoms with E-state index in [-0.39, 0.29) is 0 Å². The van der Waals surface area contributed by atoms with Gasteiger partial charge in [-0.25, -0.2) is 4.79 Å². The van der Waals surface area contributed by atoms with Crippen LogP contribution < -0.4 is 11.1 Å². The Labute approximate surface area is 112 Å². The Morgan fingerprint density at radius 3 is 3.00 bits per heavy atom. The Hall–Kier alpha value is -1.59. The van der Waals surface area contributed by atoms with Crippen LogP contribution in [0.2, 0.25) is 0 Å². The zero-order valence-electron chi connectivity index (χ0n) is 11.5. The fraction of sp³-hybridized carbons (Fsp3) is 0.500. The SMILES string of the molecule is CNCCCCN(C)Cc1ccc2[nH]c(=O)oc2c1. The van der Waals surface area contributed by atoms with Gasteiger partial charge in [-0.15, -0.1) is 0 Å². The smallest absolute Gasteiger partial charge is 0.408 e. The fourth-order valence-corrected chi connectivity index (χ4v) is 2.16. The predicted molar refractivity (Wildman–Crippen MR) is 76.3 cm³/mol. The zero-order valence-corrected chi connectivity index (χ0v) is 11.5. The van der Waals surface area contributed by atoms with Gasteiger partial charge < -0.3 is 14.6 Å². The van der Waals surface area contributed by atoms with Gasteiger partial charge in [-0.2, -0.15) is 0 Å². The molecule has 0 saturated carbocycles. The lowest BCUT2D eigenvalue weighted by Crippen LogP contribution is -2.20. The predicted octanol–water partition coefficient (Wildman–Crippen LogP) is 1.55. The second-order valence-electron chi connectivity index (χ2n) is 4.89. The molecular formula is C14H21N3O2. The summed E-state index contributed by atoms with van der Waals surface area (Å²) in [4.78, 5) is 16.0. The van der Waals surface area contributed by atoms with Crippen LogP contribution in [0.5, 0.6) is 0 Å². The first kappa shape index (κ1) is 13.8. The summed E-state index contributed by atoms with van der Waals surface area (Å²) in [5.74, 6) is -0.396. The number of aromatic amines is 1. The molecule has 0 aliphatic carbocycles. The lowest BCUT2D eigenvalue weighted by atomic mass is 10.2. The van der Waals surface area contributed by atoms with Crippen LogP contribution in [-0.4, -0.2) is 37.1 Å². The average Bonchev–Trinajstić information content (AvgIpc) is 2.74. The van der Waals surface area contributed by atoms with E-state index >= 15 is 0 Å². The van der Waals surface area contributed by atoms with Crippen LogP contribution in [0.25, 0.3) is 11.1 Å². The van der Waals surface area contributed by atoms with Gasteiger partial charge in [-0.1, -0.05) is 6.07 Å². The van der Waals surface area contributed by atoms with Gasteiger partial charge in [0.2, 0.25) is 0 Å². The number of aromatic nitrogens is 1. The summed E-state index contributed by atoms with van der Waals surface area (Å²) >= 11 is 0. The van der Waals surface area contributed by atoms with E-state index in [1.807, 2.05) is 25.2 Å². The van der Waals surface area contributed by atoms with Crippen LogP contribution in [0.1, 0.15) is 18.4 Å². The van der Waals surface area contributed by atoms with Gasteiger partial charge in [0.1, 0.15) is 0 Å². The highest BCUT2D eigenvalue weighted by Crippen LogP contribution is 2.13. The minimum Gasteiger partial charge on any atom is -0.408 e. The number of hydrogen-bond donors (Lipinski definition) is 2. The third-order valence-corrected chi connectivity index (χ3v) is 3.15. The molecule has 5 heteroatoms. The summed E-state index contributed by atoms with van der Waals surface area (Å²) < 4.78 is 5.07. The summed E-state index contributed by atoms with van der Waals surface area (Å²) in [5, 5.41) is 3.15. The maximum absolute atomic E-state index is 11.1. The van der Waals surface area contributed by atoms with Crippen molar-refractivity contribution in [3.05, 3.63) is 34.3 Å². The van der Waals surface area contributed by atoms with Crippen LogP contribution in [-0.2, 0) is 6.54 Å². The Morgan fingerprint density at radius 1 is 1.37 bits per heavy atom. The number of H-pyrrole nitrogens is 1. The standard InChI is InChI=1S/C14H21N3O2/c1-15-7-3-4-8-17(2)10-11-5-6-12-13(9-11)19-14(18)16-12/h5-6,9,15H,3-4,7-8,10H2,1-2H3,(H,16,18). The van der Waals surface area contributed by atoms with Crippen molar-refractivity contribution in [1.29, 1.82) is 0 Å². The molecule has 0 atom stereocenters. The molecule has 0 bridgehead atoms. The van der Waals surface area contributed by atoms with Gasteiger partial charge in [-0.05, 0) is 57.7 Å². The number of nitrogens with zero attached hydrogens (tertiary/aromatic N) is 1. The fourth-order valence-electron chi connectivity index (χ4n) is 2.16. The van der Waals surface area contributed by atoms with Crippen molar-refractivity contribution in [2.45, 2.75) is 19.4 Å². The Balaban J connectivity index is 1.91. The van der Waals surface area contributed by atoms with Crippen molar-refractivity contribution in [2.24, 2.45) is 0 Å². The van der Waals surface area contributed by atoms with Gasteiger partial charge in [0.05, 0.1) is 5.52 Å². The minimum atomic E-state index is -0.396. The molecule has 5 nitrogen and oxygen atoms in total. The number of rotatable bonds is 7. The molecule has 0 radical (unpaired) electrons. The van der Waals surface area contributed by atoms with Gasteiger partial charge >= 0.3 is 5.76 Å². The van der Waals surface area contributed by atoms with E-state index in [9.17, 15) is 4.79 Å². The highest BCUT2D eigenvalue weighted by molar-refractivity contribution is 5.72. The highest BCUT2D eigenvalue weighted by Gasteiger charge is 2.04. The third-order valence-electron chi connectivity index (χ3n) is 3.15. The number of hydrogen-bond acceptors (Lipinski definition) is 4. The highest BCUT2D eigenvalue weighted by atomic mass is 16.4. The van der Waals surface area contributed by atoms with E-state index in [1.54, 1.807) is 0 Å². The van der Waals surface area contributed by atoms with Crippen molar-refractivity contribution in [1.82, 2.24) is 15.2 Å². The summed E-state index contributed by atoms with van der Waals surface area (Å²) in [7, 11) is 4.08. The molecule has 0 aliphatic heterocycles. The van der Waals surface area contributed by atoms with Crippen molar-refractivity contribution in [3.63, 3.8) is 0 Å². The van der Waals surface area contributed by atoms with Crippen LogP contribution in [0.4, 0.5) is 0 Å². The average molecular weight is 263 g/mol. The first-order chi connectivity index (χ1) is 9.19. The minimum absolute atomic E-state index is 0.396. The molecule has 2 aromatic rings. The second-order valence-corrected chi connectivity index (χ2v) is 4.89. The topological polar surface area (TPSA) is 61.3 Å². The van der Waals surface area contributed by atoms with Crippen LogP contribution in [0, 0.1) is 0 Å². The summed E-state index contributed by atoms with van der Waals surface area (Å²) in [6.07, 6.45) is 2.37. The first-order valence-corrected chi connectivity index (χ1v) is 6.64. The molecule has 0 aliphatic rings. The Kier molecular flexibility index (Phi) is 4.76. The zero-order chi connectivity index (χ0) is 13.7. The van der Waals surface area contributed by atoms with Gasteiger partial charge in [0.25, 0.3) is 0 Å². The van der Waals surface area contributed by atoms with Crippen LogP contribution in [0.15, 0.2) is 27.4 Å². The molecule has 104 valence electrons. The second kappa shape index (κ2) is 6.54. The molecular weight excluding hydrogens is 242 g/mol. The maximum atomic E-state index is 11.1. The van der Waals surface area contributed by atoms with E-state index < -0.39 is 5.76 Å². The first-order valence-electron chi connectivity index (χ1n) is 6.64. The normalized spacial score (nSPS) is 11.5. The van der Waals surface area contributed by atoms with E-state index in [4.69, 9.17) is 4.42 Å². The van der Waals surface area contributed by atoms with E-state index in [1.165, 1.54) is 12.8 Å². The van der Waals surface area contributed by atoms with Crippen molar-refractivity contribution < 1.29 is 4.42 Å². The molecule has 1 aromatic carbocycles. The number of nitrogens with one attached hydrogen (secondary N) is 2. The van der Waals surface area contributed by atoms with Crippen LogP contribution in [0.3, 0.4) is 0 Å². The number of unbranched alkanes of at least 4 members (excludes halogenated alkanes) is 1. The number of fused-ring (bicyclic) bond motifs is 1. The molecule has 0 fully saturated rings. The molecule has 0 amide bonds. The van der Waals surface area contributed by atoms with Crippen molar-refractivity contribution in [2.75, 3.05) is 27.2 Å². The molecule has 19 heavy (non-hydrogen) atoms. The molecule has 1 heterocycles. The molecule has 0 spiro atoms.